The van der Waals surface area contributed by atoms with E-state index in [1.54, 1.807) is 6.92 Å². The molecule has 0 unspecified atom stereocenters. The minimum absolute atomic E-state index is 0.0342. The highest BCUT2D eigenvalue weighted by atomic mass is 32.1. The van der Waals surface area contributed by atoms with E-state index in [1.807, 2.05) is 72.6 Å². The first kappa shape index (κ1) is 22.2. The molecule has 0 saturated carbocycles. The van der Waals surface area contributed by atoms with Gasteiger partial charge in [-0.2, -0.15) is 0 Å². The minimum atomic E-state index is -0.520. The molecule has 1 aromatic heterocycles. The highest BCUT2D eigenvalue weighted by Gasteiger charge is 2.20. The van der Waals surface area contributed by atoms with Crippen molar-refractivity contribution in [3.05, 3.63) is 71.8 Å². The van der Waals surface area contributed by atoms with Crippen LogP contribution in [0.5, 0.6) is 0 Å². The van der Waals surface area contributed by atoms with Gasteiger partial charge in [-0.25, -0.2) is 4.79 Å². The Morgan fingerprint density at radius 3 is 2.42 bits per heavy atom. The first-order chi connectivity index (χ1) is 15.0. The average Bonchev–Trinajstić information content (AvgIpc) is 3.23. The van der Waals surface area contributed by atoms with Crippen LogP contribution in [0, 0.1) is 0 Å². The normalized spacial score (nSPS) is 11.4. The van der Waals surface area contributed by atoms with Crippen molar-refractivity contribution in [3.8, 4) is 0 Å². The summed E-state index contributed by atoms with van der Waals surface area (Å²) in [6.07, 6.45) is 0.0342. The average molecular weight is 440 g/mol. The predicted molar refractivity (Wildman–Crippen MR) is 121 cm³/mol. The molecular weight excluding hydrogens is 414 g/mol. The van der Waals surface area contributed by atoms with Crippen LogP contribution in [-0.2, 0) is 16.1 Å². The van der Waals surface area contributed by atoms with E-state index in [4.69, 9.17) is 4.74 Å². The Balaban J connectivity index is 1.61. The van der Waals surface area contributed by atoms with Gasteiger partial charge in [0.05, 0.1) is 19.1 Å². The maximum Gasteiger partial charge on any atom is 0.321 e. The molecule has 3 aromatic rings. The van der Waals surface area contributed by atoms with Crippen molar-refractivity contribution in [1.29, 1.82) is 0 Å². The maximum atomic E-state index is 12.6. The highest BCUT2D eigenvalue weighted by Crippen LogP contribution is 2.25. The largest absolute Gasteiger partial charge is 0.466 e. The van der Waals surface area contributed by atoms with Crippen LogP contribution in [0.3, 0.4) is 0 Å². The lowest BCUT2D eigenvalue weighted by molar-refractivity contribution is -0.143. The van der Waals surface area contributed by atoms with Crippen LogP contribution < -0.4 is 15.5 Å². The summed E-state index contributed by atoms with van der Waals surface area (Å²) in [4.78, 5) is 26.5. The number of hydrogen-bond acceptors (Lipinski definition) is 7. The molecule has 0 aliphatic heterocycles. The van der Waals surface area contributed by atoms with E-state index in [1.165, 1.54) is 11.3 Å². The van der Waals surface area contributed by atoms with Crippen LogP contribution in [-0.4, -0.2) is 35.9 Å². The van der Waals surface area contributed by atoms with Crippen LogP contribution in [0.1, 0.15) is 30.5 Å². The third kappa shape index (κ3) is 6.78. The van der Waals surface area contributed by atoms with Gasteiger partial charge >= 0.3 is 12.0 Å². The summed E-state index contributed by atoms with van der Waals surface area (Å²) in [5.41, 5.74) is 1.96. The fourth-order valence-electron chi connectivity index (χ4n) is 2.96. The van der Waals surface area contributed by atoms with Crippen LogP contribution in [0.25, 0.3) is 0 Å². The lowest BCUT2D eigenvalue weighted by Gasteiger charge is -2.18. The van der Waals surface area contributed by atoms with Gasteiger partial charge in [0, 0.05) is 13.6 Å². The molecule has 1 heterocycles. The minimum Gasteiger partial charge on any atom is -0.466 e. The van der Waals surface area contributed by atoms with Gasteiger partial charge in [-0.05, 0) is 18.1 Å². The zero-order valence-corrected chi connectivity index (χ0v) is 18.3. The Morgan fingerprint density at radius 2 is 1.74 bits per heavy atom. The van der Waals surface area contributed by atoms with Crippen molar-refractivity contribution >= 4 is 33.6 Å². The van der Waals surface area contributed by atoms with Gasteiger partial charge in [0.15, 0.2) is 0 Å². The number of carbonyl (C=O) groups is 2. The second kappa shape index (κ2) is 11.1. The molecular formula is C22H25N5O3S. The molecule has 8 nitrogen and oxygen atoms in total. The lowest BCUT2D eigenvalue weighted by Crippen LogP contribution is -2.34. The number of amides is 2. The number of esters is 1. The standard InChI is InChI=1S/C22H25N5O3S/c1-3-30-19(28)14-18(17-12-8-5-9-13-17)23-20(29)24-21-25-26-22(31-21)27(2)15-16-10-6-4-7-11-16/h4-13,18H,3,14-15H2,1-2H3,(H2,23,24,25,29)/t18-/m1/s1. The predicted octanol–water partition coefficient (Wildman–Crippen LogP) is 3.99. The summed E-state index contributed by atoms with van der Waals surface area (Å²) < 4.78 is 5.04. The monoisotopic (exact) mass is 439 g/mol. The number of anilines is 2. The number of ether oxygens (including phenoxy) is 1. The Hall–Kier alpha value is -3.46. The number of nitrogens with one attached hydrogen (secondary N) is 2. The molecule has 0 fully saturated rings. The third-order valence-corrected chi connectivity index (χ3v) is 5.36. The fourth-order valence-corrected chi connectivity index (χ4v) is 3.66. The fraction of sp³-hybridized carbons (Fsp3) is 0.273. The molecule has 31 heavy (non-hydrogen) atoms. The van der Waals surface area contributed by atoms with E-state index < -0.39 is 12.1 Å². The SMILES string of the molecule is CCOC(=O)C[C@@H](NC(=O)Nc1nnc(N(C)Cc2ccccc2)s1)c1ccccc1. The molecule has 162 valence electrons. The van der Waals surface area contributed by atoms with Crippen LogP contribution >= 0.6 is 11.3 Å². The summed E-state index contributed by atoms with van der Waals surface area (Å²) >= 11 is 1.27. The Labute approximate surface area is 185 Å². The van der Waals surface area contributed by atoms with Crippen molar-refractivity contribution in [2.75, 3.05) is 23.9 Å². The quantitative estimate of drug-likeness (QED) is 0.490. The van der Waals surface area contributed by atoms with Gasteiger partial charge in [-0.1, -0.05) is 72.0 Å². The summed E-state index contributed by atoms with van der Waals surface area (Å²) in [7, 11) is 1.92. The zero-order chi connectivity index (χ0) is 22.1. The van der Waals surface area contributed by atoms with Crippen molar-refractivity contribution in [1.82, 2.24) is 15.5 Å². The first-order valence-electron chi connectivity index (χ1n) is 9.91. The zero-order valence-electron chi connectivity index (χ0n) is 17.4. The van der Waals surface area contributed by atoms with Crippen LogP contribution in [0.4, 0.5) is 15.1 Å². The Kier molecular flexibility index (Phi) is 7.94. The second-order valence-electron chi connectivity index (χ2n) is 6.80. The number of rotatable bonds is 9. The molecule has 0 bridgehead atoms. The van der Waals surface area contributed by atoms with Gasteiger partial charge in [-0.3, -0.25) is 10.1 Å². The van der Waals surface area contributed by atoms with E-state index in [2.05, 4.69) is 20.8 Å². The summed E-state index contributed by atoms with van der Waals surface area (Å²) in [6, 6.07) is 18.3. The molecule has 3 rings (SSSR count). The van der Waals surface area contributed by atoms with Crippen molar-refractivity contribution in [2.45, 2.75) is 25.9 Å². The van der Waals surface area contributed by atoms with Crippen LogP contribution in [0.2, 0.25) is 0 Å². The molecule has 2 amide bonds. The lowest BCUT2D eigenvalue weighted by atomic mass is 10.0. The van der Waals surface area contributed by atoms with E-state index in [9.17, 15) is 9.59 Å². The molecule has 0 radical (unpaired) electrons. The van der Waals surface area contributed by atoms with E-state index in [-0.39, 0.29) is 19.0 Å². The van der Waals surface area contributed by atoms with E-state index >= 15 is 0 Å². The van der Waals surface area contributed by atoms with E-state index in [0.717, 1.165) is 11.1 Å². The Bertz CT molecular complexity index is 981. The Morgan fingerprint density at radius 1 is 1.06 bits per heavy atom. The third-order valence-electron chi connectivity index (χ3n) is 4.41. The van der Waals surface area contributed by atoms with Crippen LogP contribution in [0.15, 0.2) is 60.7 Å². The topological polar surface area (TPSA) is 96.4 Å². The molecule has 0 spiro atoms. The number of benzene rings is 2. The van der Waals surface area contributed by atoms with Crippen molar-refractivity contribution in [2.24, 2.45) is 0 Å². The number of hydrogen-bond donors (Lipinski definition) is 2. The molecule has 0 aliphatic carbocycles. The maximum absolute atomic E-state index is 12.6. The molecule has 0 saturated heterocycles. The summed E-state index contributed by atoms with van der Waals surface area (Å²) in [5, 5.41) is 14.8. The molecule has 2 aromatic carbocycles. The molecule has 2 N–H and O–H groups in total. The van der Waals surface area contributed by atoms with Gasteiger partial charge in [0.2, 0.25) is 10.3 Å². The van der Waals surface area contributed by atoms with Gasteiger partial charge in [0.1, 0.15) is 0 Å². The van der Waals surface area contributed by atoms with Crippen molar-refractivity contribution in [3.63, 3.8) is 0 Å². The van der Waals surface area contributed by atoms with Gasteiger partial charge in [-0.15, -0.1) is 10.2 Å². The summed E-state index contributed by atoms with van der Waals surface area (Å²) in [5.74, 6) is -0.377. The number of nitrogens with zero attached hydrogens (tertiary/aromatic N) is 3. The number of urea groups is 1. The first-order valence-corrected chi connectivity index (χ1v) is 10.7. The van der Waals surface area contributed by atoms with Crippen molar-refractivity contribution < 1.29 is 14.3 Å². The molecule has 9 heteroatoms. The smallest absolute Gasteiger partial charge is 0.321 e. The van der Waals surface area contributed by atoms with E-state index in [0.29, 0.717) is 16.8 Å². The second-order valence-corrected chi connectivity index (χ2v) is 7.76. The molecule has 1 atom stereocenters. The van der Waals surface area contributed by atoms with Gasteiger partial charge < -0.3 is 15.0 Å². The summed E-state index contributed by atoms with van der Waals surface area (Å²) in [6.45, 7) is 2.71. The highest BCUT2D eigenvalue weighted by molar-refractivity contribution is 7.19. The number of aromatic nitrogens is 2. The van der Waals surface area contributed by atoms with Gasteiger partial charge in [0.25, 0.3) is 0 Å². The number of carbonyl (C=O) groups excluding carboxylic acids is 2. The molecule has 0 aliphatic rings.